The van der Waals surface area contributed by atoms with Crippen LogP contribution in [-0.4, -0.2) is 11.7 Å². The van der Waals surface area contributed by atoms with Gasteiger partial charge in [-0.05, 0) is 36.0 Å². The van der Waals surface area contributed by atoms with Crippen molar-refractivity contribution in [2.24, 2.45) is 5.92 Å². The Morgan fingerprint density at radius 3 is 2.92 bits per heavy atom. The minimum Gasteiger partial charge on any atom is -0.396 e. The fourth-order valence-electron chi connectivity index (χ4n) is 1.59. The molecule has 1 aliphatic carbocycles. The van der Waals surface area contributed by atoms with Gasteiger partial charge < -0.3 is 5.11 Å². The lowest BCUT2D eigenvalue weighted by molar-refractivity contribution is 0.274. The summed E-state index contributed by atoms with van der Waals surface area (Å²) in [5.74, 6) is 1.03. The minimum absolute atomic E-state index is 0.303. The highest BCUT2D eigenvalue weighted by atomic mass is 35.5. The monoisotopic (exact) mass is 182 g/mol. The van der Waals surface area contributed by atoms with E-state index in [1.807, 2.05) is 18.2 Å². The topological polar surface area (TPSA) is 20.2 Å². The number of hydrogen-bond donors (Lipinski definition) is 1. The van der Waals surface area contributed by atoms with Gasteiger partial charge in [-0.2, -0.15) is 0 Å². The zero-order valence-electron chi connectivity index (χ0n) is 6.70. The largest absolute Gasteiger partial charge is 0.396 e. The van der Waals surface area contributed by atoms with Crippen molar-refractivity contribution >= 4 is 11.6 Å². The average molecular weight is 183 g/mol. The van der Waals surface area contributed by atoms with Crippen molar-refractivity contribution in [3.63, 3.8) is 0 Å². The molecule has 2 atom stereocenters. The maximum atomic E-state index is 8.87. The molecule has 2 unspecified atom stereocenters. The predicted octanol–water partition coefficient (Wildman–Crippen LogP) is 2.44. The van der Waals surface area contributed by atoms with Crippen molar-refractivity contribution in [3.05, 3.63) is 34.9 Å². The Labute approximate surface area is 77.0 Å². The van der Waals surface area contributed by atoms with Crippen LogP contribution in [0.25, 0.3) is 0 Å². The number of aliphatic hydroxyl groups excluding tert-OH is 1. The highest BCUT2D eigenvalue weighted by Crippen LogP contribution is 2.47. The Kier molecular flexibility index (Phi) is 2.07. The van der Waals surface area contributed by atoms with E-state index >= 15 is 0 Å². The first-order valence-corrected chi connectivity index (χ1v) is 4.55. The summed E-state index contributed by atoms with van der Waals surface area (Å²) < 4.78 is 0. The fourth-order valence-corrected chi connectivity index (χ4v) is 1.79. The summed E-state index contributed by atoms with van der Waals surface area (Å²) in [5, 5.41) is 9.66. The van der Waals surface area contributed by atoms with E-state index in [0.717, 1.165) is 11.4 Å². The van der Waals surface area contributed by atoms with E-state index in [0.29, 0.717) is 18.4 Å². The average Bonchev–Trinajstić information content (AvgIpc) is 2.83. The van der Waals surface area contributed by atoms with Crippen molar-refractivity contribution < 1.29 is 5.11 Å². The fraction of sp³-hybridized carbons (Fsp3) is 0.400. The number of benzene rings is 1. The zero-order chi connectivity index (χ0) is 8.55. The molecule has 1 aromatic rings. The van der Waals surface area contributed by atoms with Gasteiger partial charge in [-0.15, -0.1) is 0 Å². The van der Waals surface area contributed by atoms with Crippen LogP contribution in [0.4, 0.5) is 0 Å². The molecule has 2 heteroatoms. The van der Waals surface area contributed by atoms with Gasteiger partial charge in [-0.3, -0.25) is 0 Å². The second-order valence-electron chi connectivity index (χ2n) is 3.34. The molecule has 1 aliphatic rings. The van der Waals surface area contributed by atoms with Gasteiger partial charge in [-0.1, -0.05) is 23.7 Å². The van der Waals surface area contributed by atoms with Gasteiger partial charge in [0.25, 0.3) is 0 Å². The third-order valence-electron chi connectivity index (χ3n) is 2.43. The van der Waals surface area contributed by atoms with Crippen molar-refractivity contribution in [1.82, 2.24) is 0 Å². The summed E-state index contributed by atoms with van der Waals surface area (Å²) >= 11 is 5.85. The molecular weight excluding hydrogens is 172 g/mol. The number of rotatable bonds is 2. The molecule has 0 aromatic heterocycles. The van der Waals surface area contributed by atoms with Crippen molar-refractivity contribution in [1.29, 1.82) is 0 Å². The highest BCUT2D eigenvalue weighted by molar-refractivity contribution is 6.30. The predicted molar refractivity (Wildman–Crippen MR) is 49.4 cm³/mol. The minimum atomic E-state index is 0.303. The van der Waals surface area contributed by atoms with E-state index < -0.39 is 0 Å². The molecule has 0 bridgehead atoms. The lowest BCUT2D eigenvalue weighted by atomic mass is 10.1. The molecule has 0 amide bonds. The van der Waals surface area contributed by atoms with Crippen LogP contribution in [-0.2, 0) is 0 Å². The molecule has 1 fully saturated rings. The summed E-state index contributed by atoms with van der Waals surface area (Å²) in [4.78, 5) is 0. The molecule has 2 rings (SSSR count). The van der Waals surface area contributed by atoms with Gasteiger partial charge in [0.2, 0.25) is 0 Å². The number of hydrogen-bond acceptors (Lipinski definition) is 1. The van der Waals surface area contributed by atoms with E-state index in [-0.39, 0.29) is 0 Å². The summed E-state index contributed by atoms with van der Waals surface area (Å²) in [5.41, 5.74) is 1.27. The van der Waals surface area contributed by atoms with E-state index in [4.69, 9.17) is 16.7 Å². The van der Waals surface area contributed by atoms with E-state index in [1.165, 1.54) is 5.56 Å². The summed E-state index contributed by atoms with van der Waals surface area (Å²) in [6.07, 6.45) is 1.11. The van der Waals surface area contributed by atoms with Gasteiger partial charge in [-0.25, -0.2) is 0 Å². The molecule has 12 heavy (non-hydrogen) atoms. The molecular formula is C10H11ClO. The Balaban J connectivity index is 2.14. The number of aliphatic hydroxyl groups is 1. The summed E-state index contributed by atoms with van der Waals surface area (Å²) in [6, 6.07) is 7.90. The standard InChI is InChI=1S/C10H11ClO/c11-9-3-1-2-7(4-9)10-5-8(10)6-12/h1-4,8,10,12H,5-6H2. The van der Waals surface area contributed by atoms with Crippen molar-refractivity contribution in [3.8, 4) is 0 Å². The van der Waals surface area contributed by atoms with E-state index in [1.54, 1.807) is 0 Å². The molecule has 1 nitrogen and oxygen atoms in total. The van der Waals surface area contributed by atoms with Crippen LogP contribution in [0.15, 0.2) is 24.3 Å². The Bertz CT molecular complexity index is 285. The molecule has 0 aliphatic heterocycles. The quantitative estimate of drug-likeness (QED) is 0.745. The number of halogens is 1. The van der Waals surface area contributed by atoms with Gasteiger partial charge >= 0.3 is 0 Å². The Hall–Kier alpha value is -0.530. The SMILES string of the molecule is OCC1CC1c1cccc(Cl)c1. The molecule has 1 aromatic carbocycles. The second kappa shape index (κ2) is 3.08. The van der Waals surface area contributed by atoms with Crippen LogP contribution >= 0.6 is 11.6 Å². The normalized spacial score (nSPS) is 27.2. The maximum absolute atomic E-state index is 8.87. The molecule has 1 N–H and O–H groups in total. The second-order valence-corrected chi connectivity index (χ2v) is 3.78. The van der Waals surface area contributed by atoms with Crippen LogP contribution in [0.3, 0.4) is 0 Å². The van der Waals surface area contributed by atoms with Gasteiger partial charge in [0.1, 0.15) is 0 Å². The van der Waals surface area contributed by atoms with Crippen molar-refractivity contribution in [2.45, 2.75) is 12.3 Å². The Morgan fingerprint density at radius 1 is 1.50 bits per heavy atom. The third-order valence-corrected chi connectivity index (χ3v) is 2.67. The molecule has 0 spiro atoms. The van der Waals surface area contributed by atoms with E-state index in [9.17, 15) is 0 Å². The van der Waals surface area contributed by atoms with Crippen molar-refractivity contribution in [2.75, 3.05) is 6.61 Å². The smallest absolute Gasteiger partial charge is 0.0465 e. The molecule has 0 heterocycles. The van der Waals surface area contributed by atoms with Crippen LogP contribution in [0.2, 0.25) is 5.02 Å². The highest BCUT2D eigenvalue weighted by Gasteiger charge is 2.37. The summed E-state index contributed by atoms with van der Waals surface area (Å²) in [7, 11) is 0. The first-order chi connectivity index (χ1) is 5.81. The molecule has 1 saturated carbocycles. The lowest BCUT2D eigenvalue weighted by Crippen LogP contribution is -1.88. The van der Waals surface area contributed by atoms with Crippen LogP contribution in [0.5, 0.6) is 0 Å². The summed E-state index contributed by atoms with van der Waals surface area (Å²) in [6.45, 7) is 0.303. The molecule has 0 saturated heterocycles. The lowest BCUT2D eigenvalue weighted by Gasteiger charge is -1.98. The Morgan fingerprint density at radius 2 is 2.33 bits per heavy atom. The van der Waals surface area contributed by atoms with Gasteiger partial charge in [0.05, 0.1) is 0 Å². The molecule has 64 valence electrons. The molecule has 0 radical (unpaired) electrons. The maximum Gasteiger partial charge on any atom is 0.0465 e. The van der Waals surface area contributed by atoms with Crippen LogP contribution in [0.1, 0.15) is 17.9 Å². The van der Waals surface area contributed by atoms with Gasteiger partial charge in [0.15, 0.2) is 0 Å². The first kappa shape index (κ1) is 8.09. The van der Waals surface area contributed by atoms with Crippen LogP contribution < -0.4 is 0 Å². The van der Waals surface area contributed by atoms with Crippen LogP contribution in [0, 0.1) is 5.92 Å². The first-order valence-electron chi connectivity index (χ1n) is 4.17. The van der Waals surface area contributed by atoms with E-state index in [2.05, 4.69) is 6.07 Å². The van der Waals surface area contributed by atoms with Gasteiger partial charge in [0, 0.05) is 11.6 Å². The third kappa shape index (κ3) is 1.47. The zero-order valence-corrected chi connectivity index (χ0v) is 7.46.